The van der Waals surface area contributed by atoms with Gasteiger partial charge >= 0.3 is 6.03 Å². The Kier molecular flexibility index (Phi) is 4.42. The highest BCUT2D eigenvalue weighted by molar-refractivity contribution is 6.19. The Balaban J connectivity index is 1.33. The molecule has 8 nitrogen and oxygen atoms in total. The largest absolute Gasteiger partial charge is 0.361 e. The molecule has 1 saturated heterocycles. The van der Waals surface area contributed by atoms with Gasteiger partial charge < -0.3 is 9.42 Å². The third-order valence-corrected chi connectivity index (χ3v) is 5.85. The van der Waals surface area contributed by atoms with Crippen molar-refractivity contribution in [3.63, 3.8) is 0 Å². The topological polar surface area (TPSA) is 84.5 Å². The molecular weight excluding hydrogens is 382 g/mol. The molecule has 3 amide bonds. The molecule has 8 heteroatoms. The molecule has 1 aromatic carbocycles. The van der Waals surface area contributed by atoms with E-state index in [1.807, 2.05) is 26.0 Å². The van der Waals surface area contributed by atoms with Crippen LogP contribution in [0.2, 0.25) is 0 Å². The van der Waals surface area contributed by atoms with Crippen molar-refractivity contribution < 1.29 is 14.1 Å². The van der Waals surface area contributed by atoms with Gasteiger partial charge in [-0.15, -0.1) is 0 Å². The summed E-state index contributed by atoms with van der Waals surface area (Å²) in [7, 11) is 0. The molecule has 30 heavy (non-hydrogen) atoms. The van der Waals surface area contributed by atoms with Crippen LogP contribution in [-0.4, -0.2) is 38.3 Å². The number of carbonyl (C=O) groups excluding carboxylic acids is 2. The smallest absolute Gasteiger partial charge is 0.332 e. The lowest BCUT2D eigenvalue weighted by molar-refractivity contribution is -0.116. The maximum Gasteiger partial charge on any atom is 0.332 e. The Morgan fingerprint density at radius 2 is 1.93 bits per heavy atom. The summed E-state index contributed by atoms with van der Waals surface area (Å²) in [6.45, 7) is 4.72. The molecule has 0 spiro atoms. The fourth-order valence-electron chi connectivity index (χ4n) is 4.05. The summed E-state index contributed by atoms with van der Waals surface area (Å²) in [6.07, 6.45) is 5.65. The summed E-state index contributed by atoms with van der Waals surface area (Å²) >= 11 is 0. The molecule has 1 aliphatic carbocycles. The van der Waals surface area contributed by atoms with Crippen molar-refractivity contribution in [1.29, 1.82) is 0 Å². The summed E-state index contributed by atoms with van der Waals surface area (Å²) in [5.41, 5.74) is 4.65. The molecule has 3 heterocycles. The number of carbonyl (C=O) groups is 2. The number of urea groups is 1. The highest BCUT2D eigenvalue weighted by Gasteiger charge is 2.38. The zero-order chi connectivity index (χ0) is 20.8. The minimum Gasteiger partial charge on any atom is -0.361 e. The van der Waals surface area contributed by atoms with Crippen molar-refractivity contribution in [2.45, 2.75) is 45.7 Å². The summed E-state index contributed by atoms with van der Waals surface area (Å²) in [5.74, 6) is 1.09. The van der Waals surface area contributed by atoms with Crippen molar-refractivity contribution >= 4 is 17.6 Å². The molecule has 3 aromatic rings. The molecule has 1 aliphatic heterocycles. The van der Waals surface area contributed by atoms with E-state index >= 15 is 0 Å². The Morgan fingerprint density at radius 3 is 2.67 bits per heavy atom. The lowest BCUT2D eigenvalue weighted by Gasteiger charge is -2.18. The summed E-state index contributed by atoms with van der Waals surface area (Å²) in [6, 6.07) is 7.90. The quantitative estimate of drug-likeness (QED) is 0.587. The van der Waals surface area contributed by atoms with E-state index in [2.05, 4.69) is 22.4 Å². The highest BCUT2D eigenvalue weighted by atomic mass is 16.5. The SMILES string of the molecule is Cc1noc(C)c1Cn1cc(N2C(=O)CN(Cc3ccccc3C3CC3)C2=O)cn1. The van der Waals surface area contributed by atoms with Gasteiger partial charge in [0.05, 0.1) is 24.1 Å². The minimum absolute atomic E-state index is 0.0763. The standard InChI is InChI=1S/C22H23N5O3/c1-14-20(15(2)30-24-14)12-26-11-18(9-23-26)27-21(28)13-25(22(27)29)10-17-5-3-4-6-19(17)16-7-8-16/h3-6,9,11,16H,7-8,10,12-13H2,1-2H3. The molecule has 2 aliphatic rings. The van der Waals surface area contributed by atoms with Gasteiger partial charge in [-0.3, -0.25) is 9.48 Å². The fourth-order valence-corrected chi connectivity index (χ4v) is 4.05. The third kappa shape index (κ3) is 3.28. The van der Waals surface area contributed by atoms with Crippen molar-refractivity contribution in [1.82, 2.24) is 19.8 Å². The predicted octanol–water partition coefficient (Wildman–Crippen LogP) is 3.38. The van der Waals surface area contributed by atoms with Crippen LogP contribution in [-0.2, 0) is 17.9 Å². The van der Waals surface area contributed by atoms with Gasteiger partial charge in [0.15, 0.2) is 0 Å². The van der Waals surface area contributed by atoms with Crippen molar-refractivity contribution in [3.05, 3.63) is 64.8 Å². The first kappa shape index (κ1) is 18.6. The molecule has 154 valence electrons. The highest BCUT2D eigenvalue weighted by Crippen LogP contribution is 2.42. The first-order chi connectivity index (χ1) is 14.5. The van der Waals surface area contributed by atoms with E-state index in [0.29, 0.717) is 24.7 Å². The van der Waals surface area contributed by atoms with E-state index < -0.39 is 0 Å². The van der Waals surface area contributed by atoms with E-state index in [0.717, 1.165) is 22.6 Å². The van der Waals surface area contributed by atoms with Crippen LogP contribution >= 0.6 is 0 Å². The van der Waals surface area contributed by atoms with Gasteiger partial charge in [0, 0.05) is 18.3 Å². The van der Waals surface area contributed by atoms with E-state index in [1.165, 1.54) is 23.3 Å². The number of anilines is 1. The summed E-state index contributed by atoms with van der Waals surface area (Å²) < 4.78 is 6.88. The normalized spacial score (nSPS) is 16.7. The molecule has 2 aromatic heterocycles. The van der Waals surface area contributed by atoms with Crippen molar-refractivity contribution in [2.75, 3.05) is 11.4 Å². The van der Waals surface area contributed by atoms with Gasteiger partial charge in [-0.1, -0.05) is 29.4 Å². The van der Waals surface area contributed by atoms with Crippen LogP contribution in [0.25, 0.3) is 0 Å². The Bertz CT molecular complexity index is 1110. The van der Waals surface area contributed by atoms with Crippen molar-refractivity contribution in [3.8, 4) is 0 Å². The third-order valence-electron chi connectivity index (χ3n) is 5.85. The molecule has 0 bridgehead atoms. The van der Waals surface area contributed by atoms with Crippen LogP contribution in [0.4, 0.5) is 10.5 Å². The zero-order valence-electron chi connectivity index (χ0n) is 17.0. The molecule has 0 radical (unpaired) electrons. The molecule has 0 unspecified atom stereocenters. The molecule has 5 rings (SSSR count). The number of aryl methyl sites for hydroxylation is 2. The Morgan fingerprint density at radius 1 is 1.13 bits per heavy atom. The number of rotatable bonds is 6. The molecular formula is C22H23N5O3. The predicted molar refractivity (Wildman–Crippen MR) is 109 cm³/mol. The van der Waals surface area contributed by atoms with Crippen LogP contribution in [0.1, 0.15) is 46.9 Å². The van der Waals surface area contributed by atoms with Crippen LogP contribution < -0.4 is 4.90 Å². The number of aromatic nitrogens is 3. The van der Waals surface area contributed by atoms with E-state index in [-0.39, 0.29) is 18.5 Å². The Labute approximate surface area is 174 Å². The number of benzene rings is 1. The maximum absolute atomic E-state index is 13.0. The summed E-state index contributed by atoms with van der Waals surface area (Å²) in [5, 5.41) is 8.28. The second-order valence-corrected chi connectivity index (χ2v) is 8.04. The lowest BCUT2D eigenvalue weighted by Crippen LogP contribution is -2.32. The van der Waals surface area contributed by atoms with Crippen LogP contribution in [0.15, 0.2) is 41.2 Å². The fraction of sp³-hybridized carbons (Fsp3) is 0.364. The maximum atomic E-state index is 13.0. The number of imide groups is 1. The Hall–Kier alpha value is -3.42. The minimum atomic E-state index is -0.303. The second-order valence-electron chi connectivity index (χ2n) is 8.04. The first-order valence-corrected chi connectivity index (χ1v) is 10.1. The molecule has 2 fully saturated rings. The van der Waals surface area contributed by atoms with Gasteiger partial charge in [0.1, 0.15) is 12.3 Å². The summed E-state index contributed by atoms with van der Waals surface area (Å²) in [4.78, 5) is 28.5. The van der Waals surface area contributed by atoms with Gasteiger partial charge in [-0.2, -0.15) is 5.10 Å². The monoisotopic (exact) mass is 405 g/mol. The van der Waals surface area contributed by atoms with Crippen LogP contribution in [0.3, 0.4) is 0 Å². The van der Waals surface area contributed by atoms with Gasteiger partial charge in [0.25, 0.3) is 5.91 Å². The van der Waals surface area contributed by atoms with Gasteiger partial charge in [-0.05, 0) is 43.7 Å². The van der Waals surface area contributed by atoms with Crippen LogP contribution in [0.5, 0.6) is 0 Å². The molecule has 0 atom stereocenters. The number of hydrogen-bond acceptors (Lipinski definition) is 5. The number of nitrogens with zero attached hydrogens (tertiary/aromatic N) is 5. The number of amides is 3. The second kappa shape index (κ2) is 7.12. The van der Waals surface area contributed by atoms with Gasteiger partial charge in [0.2, 0.25) is 0 Å². The van der Waals surface area contributed by atoms with Crippen LogP contribution in [0, 0.1) is 13.8 Å². The average Bonchev–Trinajstić information content (AvgIpc) is 3.32. The molecule has 0 N–H and O–H groups in total. The van der Waals surface area contributed by atoms with E-state index in [1.54, 1.807) is 22.0 Å². The number of hydrogen-bond donors (Lipinski definition) is 0. The van der Waals surface area contributed by atoms with Gasteiger partial charge in [-0.25, -0.2) is 9.69 Å². The van der Waals surface area contributed by atoms with E-state index in [9.17, 15) is 9.59 Å². The molecule has 1 saturated carbocycles. The van der Waals surface area contributed by atoms with Crippen molar-refractivity contribution in [2.24, 2.45) is 0 Å². The lowest BCUT2D eigenvalue weighted by atomic mass is 10.0. The van der Waals surface area contributed by atoms with E-state index in [4.69, 9.17) is 4.52 Å². The average molecular weight is 405 g/mol. The zero-order valence-corrected chi connectivity index (χ0v) is 17.0. The first-order valence-electron chi connectivity index (χ1n) is 10.1.